The molecule has 3 heteroatoms. The summed E-state index contributed by atoms with van der Waals surface area (Å²) in [6, 6.07) is 0. The van der Waals surface area contributed by atoms with Gasteiger partial charge in [0.1, 0.15) is 5.78 Å². The molecule has 0 unspecified atom stereocenters. The fourth-order valence-electron chi connectivity index (χ4n) is 1.18. The van der Waals surface area contributed by atoms with Crippen LogP contribution in [0.25, 0.3) is 0 Å². The lowest BCUT2D eigenvalue weighted by molar-refractivity contribution is -0.141. The number of Topliss-reactive ketones (excluding diaryl/α,β-unsaturated/α-hetero) is 1. The molecule has 0 bridgehead atoms. The molecule has 0 aliphatic rings. The van der Waals surface area contributed by atoms with Gasteiger partial charge in [-0.15, -0.1) is 0 Å². The molecule has 0 saturated heterocycles. The summed E-state index contributed by atoms with van der Waals surface area (Å²) in [4.78, 5) is 21.6. The Balaban J connectivity index is 3.22. The van der Waals surface area contributed by atoms with Crippen molar-refractivity contribution in [3.63, 3.8) is 0 Å². The van der Waals surface area contributed by atoms with Crippen LogP contribution in [0.4, 0.5) is 0 Å². The first kappa shape index (κ1) is 13.1. The van der Waals surface area contributed by atoms with Crippen LogP contribution in [0.2, 0.25) is 0 Å². The highest BCUT2D eigenvalue weighted by Gasteiger charge is 2.01. The molecule has 0 radical (unpaired) electrons. The van der Waals surface area contributed by atoms with Crippen LogP contribution in [0, 0.1) is 0 Å². The van der Waals surface area contributed by atoms with Crippen molar-refractivity contribution in [2.75, 3.05) is 6.61 Å². The van der Waals surface area contributed by atoms with Crippen molar-refractivity contribution in [1.82, 2.24) is 0 Å². The van der Waals surface area contributed by atoms with Crippen LogP contribution in [0.1, 0.15) is 52.4 Å². The van der Waals surface area contributed by atoms with Crippen molar-refractivity contribution in [3.8, 4) is 0 Å². The number of hydrogen-bond donors (Lipinski definition) is 0. The predicted octanol–water partition coefficient (Wildman–Crippen LogP) is 2.48. The summed E-state index contributed by atoms with van der Waals surface area (Å²) in [6.45, 7) is 3.86. The largest absolute Gasteiger partial charge is 0.466 e. The molecule has 0 aromatic carbocycles. The molecule has 0 atom stereocenters. The fourth-order valence-corrected chi connectivity index (χ4v) is 1.18. The van der Waals surface area contributed by atoms with E-state index in [2.05, 4.69) is 6.92 Å². The minimum atomic E-state index is -0.275. The molecule has 0 saturated carbocycles. The van der Waals surface area contributed by atoms with Gasteiger partial charge in [0, 0.05) is 19.8 Å². The van der Waals surface area contributed by atoms with E-state index in [0.29, 0.717) is 25.9 Å². The Hall–Kier alpha value is -0.860. The van der Waals surface area contributed by atoms with Gasteiger partial charge in [-0.3, -0.25) is 9.59 Å². The van der Waals surface area contributed by atoms with Gasteiger partial charge in [-0.1, -0.05) is 19.8 Å². The minimum Gasteiger partial charge on any atom is -0.466 e. The lowest BCUT2D eigenvalue weighted by atomic mass is 10.1. The molecule has 0 aliphatic heterocycles. The van der Waals surface area contributed by atoms with Gasteiger partial charge in [0.2, 0.25) is 0 Å². The summed E-state index contributed by atoms with van der Waals surface area (Å²) in [5, 5.41) is 0. The molecule has 14 heavy (non-hydrogen) atoms. The Kier molecular flexibility index (Phi) is 8.19. The number of rotatable bonds is 8. The zero-order valence-corrected chi connectivity index (χ0v) is 9.17. The standard InChI is InChI=1S/C11H20O3/c1-3-4-5-7-11(13)8-6-9-14-10(2)12/h3-9H2,1-2H3. The molecule has 0 spiro atoms. The van der Waals surface area contributed by atoms with Crippen LogP contribution in [-0.4, -0.2) is 18.4 Å². The van der Waals surface area contributed by atoms with E-state index in [1.807, 2.05) is 0 Å². The third kappa shape index (κ3) is 9.23. The fraction of sp³-hybridized carbons (Fsp3) is 0.818. The predicted molar refractivity (Wildman–Crippen MR) is 55.0 cm³/mol. The van der Waals surface area contributed by atoms with E-state index in [1.54, 1.807) is 0 Å². The normalized spacial score (nSPS) is 9.86. The molecule has 0 heterocycles. The van der Waals surface area contributed by atoms with Gasteiger partial charge in [-0.05, 0) is 12.8 Å². The van der Waals surface area contributed by atoms with Crippen molar-refractivity contribution in [2.45, 2.75) is 52.4 Å². The number of ether oxygens (including phenoxy) is 1. The third-order valence-electron chi connectivity index (χ3n) is 1.96. The number of carbonyl (C=O) groups is 2. The van der Waals surface area contributed by atoms with Crippen molar-refractivity contribution >= 4 is 11.8 Å². The van der Waals surface area contributed by atoms with E-state index in [4.69, 9.17) is 4.74 Å². The first-order valence-corrected chi connectivity index (χ1v) is 5.32. The molecule has 82 valence electrons. The maximum Gasteiger partial charge on any atom is 0.302 e. The van der Waals surface area contributed by atoms with Crippen LogP contribution < -0.4 is 0 Å². The van der Waals surface area contributed by atoms with Crippen molar-refractivity contribution in [3.05, 3.63) is 0 Å². The summed E-state index contributed by atoms with van der Waals surface area (Å²) in [5.74, 6) is 0.00836. The Labute approximate surface area is 85.8 Å². The summed E-state index contributed by atoms with van der Waals surface area (Å²) in [5.41, 5.74) is 0. The number of carbonyl (C=O) groups excluding carboxylic acids is 2. The van der Waals surface area contributed by atoms with Gasteiger partial charge >= 0.3 is 5.97 Å². The lowest BCUT2D eigenvalue weighted by Crippen LogP contribution is -2.04. The highest BCUT2D eigenvalue weighted by Crippen LogP contribution is 2.03. The highest BCUT2D eigenvalue weighted by molar-refractivity contribution is 5.78. The topological polar surface area (TPSA) is 43.4 Å². The van der Waals surface area contributed by atoms with Crippen LogP contribution in [0.15, 0.2) is 0 Å². The molecule has 0 amide bonds. The van der Waals surface area contributed by atoms with Gasteiger partial charge in [0.25, 0.3) is 0 Å². The Morgan fingerprint density at radius 1 is 1.07 bits per heavy atom. The summed E-state index contributed by atoms with van der Waals surface area (Å²) in [6.07, 6.45) is 5.12. The molecule has 3 nitrogen and oxygen atoms in total. The average molecular weight is 200 g/mol. The first-order chi connectivity index (χ1) is 6.66. The molecule has 0 fully saturated rings. The Morgan fingerprint density at radius 2 is 1.71 bits per heavy atom. The van der Waals surface area contributed by atoms with Crippen LogP contribution in [-0.2, 0) is 14.3 Å². The molecule has 0 aromatic heterocycles. The van der Waals surface area contributed by atoms with Gasteiger partial charge in [0.15, 0.2) is 0 Å². The SMILES string of the molecule is CCCCCC(=O)CCCOC(C)=O. The molecular formula is C11H20O3. The monoisotopic (exact) mass is 200 g/mol. The average Bonchev–Trinajstić information content (AvgIpc) is 2.13. The molecule has 0 aliphatic carbocycles. The van der Waals surface area contributed by atoms with Gasteiger partial charge in [-0.25, -0.2) is 0 Å². The van der Waals surface area contributed by atoms with Crippen LogP contribution in [0.5, 0.6) is 0 Å². The van der Waals surface area contributed by atoms with E-state index in [-0.39, 0.29) is 11.8 Å². The molecule has 0 N–H and O–H groups in total. The Morgan fingerprint density at radius 3 is 2.29 bits per heavy atom. The quantitative estimate of drug-likeness (QED) is 0.446. The minimum absolute atomic E-state index is 0.275. The maximum absolute atomic E-state index is 11.2. The van der Waals surface area contributed by atoms with E-state index < -0.39 is 0 Å². The van der Waals surface area contributed by atoms with E-state index >= 15 is 0 Å². The maximum atomic E-state index is 11.2. The third-order valence-corrected chi connectivity index (χ3v) is 1.96. The van der Waals surface area contributed by atoms with Gasteiger partial charge in [-0.2, -0.15) is 0 Å². The van der Waals surface area contributed by atoms with E-state index in [9.17, 15) is 9.59 Å². The van der Waals surface area contributed by atoms with Gasteiger partial charge < -0.3 is 4.74 Å². The number of ketones is 1. The zero-order chi connectivity index (χ0) is 10.8. The number of hydrogen-bond acceptors (Lipinski definition) is 3. The van der Waals surface area contributed by atoms with Crippen molar-refractivity contribution in [1.29, 1.82) is 0 Å². The highest BCUT2D eigenvalue weighted by atomic mass is 16.5. The van der Waals surface area contributed by atoms with E-state index in [0.717, 1.165) is 19.3 Å². The summed E-state index contributed by atoms with van der Waals surface area (Å²) < 4.78 is 4.73. The molecule has 0 aromatic rings. The Bertz CT molecular complexity index is 175. The molecule has 0 rings (SSSR count). The van der Waals surface area contributed by atoms with Crippen LogP contribution in [0.3, 0.4) is 0 Å². The zero-order valence-electron chi connectivity index (χ0n) is 9.17. The summed E-state index contributed by atoms with van der Waals surface area (Å²) in [7, 11) is 0. The van der Waals surface area contributed by atoms with Gasteiger partial charge in [0.05, 0.1) is 6.61 Å². The first-order valence-electron chi connectivity index (χ1n) is 5.32. The lowest BCUT2D eigenvalue weighted by Gasteiger charge is -2.01. The second-order valence-electron chi connectivity index (χ2n) is 3.44. The van der Waals surface area contributed by atoms with E-state index in [1.165, 1.54) is 6.92 Å². The van der Waals surface area contributed by atoms with Crippen molar-refractivity contribution < 1.29 is 14.3 Å². The van der Waals surface area contributed by atoms with Crippen molar-refractivity contribution in [2.24, 2.45) is 0 Å². The second-order valence-corrected chi connectivity index (χ2v) is 3.44. The number of unbranched alkanes of at least 4 members (excludes halogenated alkanes) is 2. The smallest absolute Gasteiger partial charge is 0.302 e. The summed E-state index contributed by atoms with van der Waals surface area (Å²) >= 11 is 0. The number of esters is 1. The molecular weight excluding hydrogens is 180 g/mol. The van der Waals surface area contributed by atoms with Crippen LogP contribution >= 0.6 is 0 Å². The second kappa shape index (κ2) is 8.73.